The predicted molar refractivity (Wildman–Crippen MR) is 123 cm³/mol. The van der Waals surface area contributed by atoms with E-state index in [0.29, 0.717) is 45.5 Å². The second-order valence-corrected chi connectivity index (χ2v) is 8.39. The molecule has 152 valence electrons. The first-order valence-electron chi connectivity index (χ1n) is 9.06. The normalized spacial score (nSPS) is 16.4. The first-order valence-corrected chi connectivity index (χ1v) is 11.0. The van der Waals surface area contributed by atoms with Gasteiger partial charge < -0.3 is 14.8 Å². The number of hydrogen-bond donors (Lipinski definition) is 1. The van der Waals surface area contributed by atoms with Crippen LogP contribution < -0.4 is 14.8 Å². The lowest BCUT2D eigenvalue weighted by Crippen LogP contribution is -2.19. The van der Waals surface area contributed by atoms with E-state index in [1.165, 1.54) is 11.8 Å². The topological polar surface area (TPSA) is 59.9 Å². The zero-order valence-electron chi connectivity index (χ0n) is 16.2. The number of nitrogens with zero attached hydrogens (tertiary/aromatic N) is 1. The molecule has 1 aliphatic heterocycles. The summed E-state index contributed by atoms with van der Waals surface area (Å²) in [5, 5.41) is 3.93. The summed E-state index contributed by atoms with van der Waals surface area (Å²) in [5.74, 6) is 1.09. The van der Waals surface area contributed by atoms with Gasteiger partial charge in [0.25, 0.3) is 5.91 Å². The van der Waals surface area contributed by atoms with Crippen LogP contribution in [0.3, 0.4) is 0 Å². The number of amides is 1. The molecule has 8 heteroatoms. The van der Waals surface area contributed by atoms with E-state index in [1.807, 2.05) is 45.0 Å². The van der Waals surface area contributed by atoms with Crippen LogP contribution in [0.1, 0.15) is 25.0 Å². The number of aryl methyl sites for hydroxylation is 1. The lowest BCUT2D eigenvalue weighted by atomic mass is 10.2. The van der Waals surface area contributed by atoms with Crippen molar-refractivity contribution in [1.82, 2.24) is 5.32 Å². The minimum absolute atomic E-state index is 0.203. The van der Waals surface area contributed by atoms with Gasteiger partial charge in [-0.25, -0.2) is 4.99 Å². The molecule has 0 saturated carbocycles. The first kappa shape index (κ1) is 21.7. The van der Waals surface area contributed by atoms with E-state index >= 15 is 0 Å². The molecular weight excluding hydrogens is 476 g/mol. The molecule has 1 N–H and O–H groups in total. The molecule has 0 radical (unpaired) electrons. The Bertz CT molecular complexity index is 1010. The fourth-order valence-corrected chi connectivity index (χ4v) is 4.03. The zero-order valence-corrected chi connectivity index (χ0v) is 19.4. The molecule has 1 fully saturated rings. The summed E-state index contributed by atoms with van der Waals surface area (Å²) in [6.07, 6.45) is 1.80. The highest BCUT2D eigenvalue weighted by atomic mass is 79.9. The summed E-state index contributed by atoms with van der Waals surface area (Å²) in [4.78, 5) is 17.4. The number of aliphatic imine (C=N–C) groups is 1. The smallest absolute Gasteiger partial charge is 0.264 e. The van der Waals surface area contributed by atoms with Crippen LogP contribution in [0.4, 0.5) is 5.69 Å². The minimum atomic E-state index is -0.203. The summed E-state index contributed by atoms with van der Waals surface area (Å²) >= 11 is 11.0. The summed E-state index contributed by atoms with van der Waals surface area (Å²) in [5.41, 5.74) is 2.48. The minimum Gasteiger partial charge on any atom is -0.490 e. The van der Waals surface area contributed by atoms with Crippen LogP contribution in [0.5, 0.6) is 11.5 Å². The second-order valence-electron chi connectivity index (χ2n) is 6.10. The Morgan fingerprint density at radius 1 is 1.17 bits per heavy atom. The Kier molecular flexibility index (Phi) is 7.27. The van der Waals surface area contributed by atoms with Crippen LogP contribution in [0.15, 0.2) is 44.7 Å². The third kappa shape index (κ3) is 5.35. The highest BCUT2D eigenvalue weighted by Crippen LogP contribution is 2.37. The van der Waals surface area contributed by atoms with E-state index in [2.05, 4.69) is 26.2 Å². The van der Waals surface area contributed by atoms with E-state index in [1.54, 1.807) is 12.1 Å². The Hall–Kier alpha value is -1.96. The van der Waals surface area contributed by atoms with Gasteiger partial charge in [0.1, 0.15) is 0 Å². The summed E-state index contributed by atoms with van der Waals surface area (Å²) in [6.45, 7) is 6.81. The van der Waals surface area contributed by atoms with Crippen molar-refractivity contribution in [3.05, 3.63) is 55.9 Å². The third-order valence-corrected chi connectivity index (χ3v) is 5.99. The molecule has 0 aromatic heterocycles. The number of benzene rings is 2. The van der Waals surface area contributed by atoms with Gasteiger partial charge in [-0.15, -0.1) is 0 Å². The van der Waals surface area contributed by atoms with Gasteiger partial charge in [-0.05, 0) is 74.0 Å². The van der Waals surface area contributed by atoms with Crippen molar-refractivity contribution in [3.8, 4) is 11.5 Å². The van der Waals surface area contributed by atoms with Gasteiger partial charge in [0.15, 0.2) is 16.7 Å². The quantitative estimate of drug-likeness (QED) is 0.492. The number of thioether (sulfide) groups is 1. The standard InChI is InChI=1S/C21H20BrClN2O3S/c1-4-27-17-8-13(15(22)11-18(17)28-5-2)9-19-20(26)25-21(29-19)24-14-7-6-12(3)16(23)10-14/h6-11H,4-5H2,1-3H3,(H,24,25,26). The molecule has 0 spiro atoms. The summed E-state index contributed by atoms with van der Waals surface area (Å²) < 4.78 is 12.1. The average molecular weight is 496 g/mol. The number of hydrogen-bond acceptors (Lipinski definition) is 5. The van der Waals surface area contributed by atoms with Crippen LogP contribution in [-0.4, -0.2) is 24.3 Å². The van der Waals surface area contributed by atoms with Gasteiger partial charge in [-0.3, -0.25) is 4.79 Å². The third-order valence-electron chi connectivity index (χ3n) is 3.99. The Labute approximate surface area is 187 Å². The number of carbonyl (C=O) groups is 1. The van der Waals surface area contributed by atoms with Gasteiger partial charge in [0.05, 0.1) is 23.8 Å². The van der Waals surface area contributed by atoms with Crippen molar-refractivity contribution >= 4 is 62.1 Å². The van der Waals surface area contributed by atoms with Gasteiger partial charge in [-0.2, -0.15) is 0 Å². The molecule has 0 atom stereocenters. The molecule has 1 amide bonds. The molecule has 0 unspecified atom stereocenters. The lowest BCUT2D eigenvalue weighted by Gasteiger charge is -2.13. The average Bonchev–Trinajstić information content (AvgIpc) is 3.01. The molecule has 1 saturated heterocycles. The predicted octanol–water partition coefficient (Wildman–Crippen LogP) is 6.10. The molecule has 1 heterocycles. The van der Waals surface area contributed by atoms with E-state index in [0.717, 1.165) is 15.6 Å². The van der Waals surface area contributed by atoms with Crippen LogP contribution >= 0.6 is 39.3 Å². The highest BCUT2D eigenvalue weighted by molar-refractivity contribution is 9.10. The molecule has 5 nitrogen and oxygen atoms in total. The number of rotatable bonds is 6. The lowest BCUT2D eigenvalue weighted by molar-refractivity contribution is -0.115. The van der Waals surface area contributed by atoms with Crippen molar-refractivity contribution in [1.29, 1.82) is 0 Å². The van der Waals surface area contributed by atoms with Gasteiger partial charge in [0.2, 0.25) is 0 Å². The van der Waals surface area contributed by atoms with Crippen LogP contribution in [0.2, 0.25) is 5.02 Å². The zero-order chi connectivity index (χ0) is 21.0. The van der Waals surface area contributed by atoms with E-state index in [-0.39, 0.29) is 5.91 Å². The Balaban J connectivity index is 1.88. The van der Waals surface area contributed by atoms with Crippen LogP contribution in [-0.2, 0) is 4.79 Å². The largest absolute Gasteiger partial charge is 0.490 e. The van der Waals surface area contributed by atoms with Crippen LogP contribution in [0.25, 0.3) is 6.08 Å². The Morgan fingerprint density at radius 3 is 2.52 bits per heavy atom. The molecular formula is C21H20BrClN2O3S. The molecule has 0 aliphatic carbocycles. The molecule has 3 rings (SSSR count). The van der Waals surface area contributed by atoms with Crippen molar-refractivity contribution in [3.63, 3.8) is 0 Å². The van der Waals surface area contributed by atoms with Crippen molar-refractivity contribution in [2.24, 2.45) is 4.99 Å². The fourth-order valence-electron chi connectivity index (χ4n) is 2.59. The van der Waals surface area contributed by atoms with E-state index < -0.39 is 0 Å². The number of ether oxygens (including phenoxy) is 2. The molecule has 2 aromatic carbocycles. The van der Waals surface area contributed by atoms with Gasteiger partial charge in [0, 0.05) is 9.50 Å². The van der Waals surface area contributed by atoms with Crippen molar-refractivity contribution < 1.29 is 14.3 Å². The van der Waals surface area contributed by atoms with Crippen molar-refractivity contribution in [2.75, 3.05) is 13.2 Å². The first-order chi connectivity index (χ1) is 13.9. The van der Waals surface area contributed by atoms with Gasteiger partial charge >= 0.3 is 0 Å². The second kappa shape index (κ2) is 9.69. The molecule has 29 heavy (non-hydrogen) atoms. The maximum absolute atomic E-state index is 12.4. The number of nitrogens with one attached hydrogen (secondary N) is 1. The van der Waals surface area contributed by atoms with Crippen LogP contribution in [0, 0.1) is 6.92 Å². The fraction of sp³-hybridized carbons (Fsp3) is 0.238. The number of halogens is 2. The summed E-state index contributed by atoms with van der Waals surface area (Å²) in [7, 11) is 0. The number of amidine groups is 1. The Morgan fingerprint density at radius 2 is 1.86 bits per heavy atom. The molecule has 2 aromatic rings. The van der Waals surface area contributed by atoms with Crippen molar-refractivity contribution in [2.45, 2.75) is 20.8 Å². The maximum Gasteiger partial charge on any atom is 0.264 e. The highest BCUT2D eigenvalue weighted by Gasteiger charge is 2.24. The SMILES string of the molecule is CCOc1cc(Br)c(C=C2SC(=Nc3ccc(C)c(Cl)c3)NC2=O)cc1OCC. The monoisotopic (exact) mass is 494 g/mol. The molecule has 1 aliphatic rings. The van der Waals surface area contributed by atoms with Gasteiger partial charge in [-0.1, -0.05) is 33.6 Å². The maximum atomic E-state index is 12.4. The summed E-state index contributed by atoms with van der Waals surface area (Å²) in [6, 6.07) is 9.23. The van der Waals surface area contributed by atoms with E-state index in [9.17, 15) is 4.79 Å². The van der Waals surface area contributed by atoms with E-state index in [4.69, 9.17) is 21.1 Å². The number of carbonyl (C=O) groups excluding carboxylic acids is 1. The molecule has 0 bridgehead atoms.